The maximum absolute atomic E-state index is 12.3. The van der Waals surface area contributed by atoms with Crippen molar-refractivity contribution in [2.24, 2.45) is 0 Å². The molecule has 0 unspecified atom stereocenters. The first-order valence-electron chi connectivity index (χ1n) is 6.96. The lowest BCUT2D eigenvalue weighted by atomic mass is 10.0. The molecular formula is C15H23ClN2O3. The number of nitrogens with one attached hydrogen (secondary N) is 1. The van der Waals surface area contributed by atoms with Gasteiger partial charge in [-0.15, -0.1) is 12.4 Å². The van der Waals surface area contributed by atoms with Crippen LogP contribution in [0.3, 0.4) is 0 Å². The van der Waals surface area contributed by atoms with Crippen molar-refractivity contribution in [1.29, 1.82) is 0 Å². The average Bonchev–Trinajstić information content (AvgIpc) is 2.49. The summed E-state index contributed by atoms with van der Waals surface area (Å²) >= 11 is 0. The standard InChI is InChI=1S/C15H22N2O3.ClH/c1-17(15(19)12-5-3-4-8-16-12)10-11-6-7-13(18)14(9-11)20-2;/h6-7,9,12,16,18H,3-5,8,10H2,1-2H3;1H/t12-;/m0./s1. The number of phenols is 1. The summed E-state index contributed by atoms with van der Waals surface area (Å²) in [6, 6.07) is 5.09. The Kier molecular flexibility index (Phi) is 6.78. The Balaban J connectivity index is 0.00000220. The molecule has 1 aromatic rings. The maximum atomic E-state index is 12.3. The van der Waals surface area contributed by atoms with Crippen LogP contribution in [0, 0.1) is 0 Å². The summed E-state index contributed by atoms with van der Waals surface area (Å²) in [5, 5.41) is 12.8. The van der Waals surface area contributed by atoms with Crippen LogP contribution in [0.15, 0.2) is 18.2 Å². The molecule has 0 radical (unpaired) electrons. The first kappa shape index (κ1) is 17.6. The molecule has 1 heterocycles. The van der Waals surface area contributed by atoms with E-state index in [4.69, 9.17) is 4.74 Å². The van der Waals surface area contributed by atoms with Crippen molar-refractivity contribution in [3.05, 3.63) is 23.8 Å². The number of nitrogens with zero attached hydrogens (tertiary/aromatic N) is 1. The van der Waals surface area contributed by atoms with Gasteiger partial charge < -0.3 is 20.1 Å². The second-order valence-corrected chi connectivity index (χ2v) is 5.20. The number of ether oxygens (including phenoxy) is 1. The van der Waals surface area contributed by atoms with Crippen molar-refractivity contribution in [3.8, 4) is 11.5 Å². The number of hydrogen-bond acceptors (Lipinski definition) is 4. The quantitative estimate of drug-likeness (QED) is 0.891. The molecule has 0 bridgehead atoms. The minimum atomic E-state index is -0.0623. The van der Waals surface area contributed by atoms with Gasteiger partial charge in [-0.2, -0.15) is 0 Å². The van der Waals surface area contributed by atoms with Crippen molar-refractivity contribution in [2.75, 3.05) is 20.7 Å². The summed E-state index contributed by atoms with van der Waals surface area (Å²) in [5.41, 5.74) is 0.936. The first-order valence-corrected chi connectivity index (χ1v) is 6.96. The Morgan fingerprint density at radius 2 is 2.24 bits per heavy atom. The highest BCUT2D eigenvalue weighted by molar-refractivity contribution is 5.85. The molecule has 5 nitrogen and oxygen atoms in total. The molecule has 6 heteroatoms. The molecule has 1 saturated heterocycles. The van der Waals surface area contributed by atoms with Crippen LogP contribution in [0.25, 0.3) is 0 Å². The van der Waals surface area contributed by atoms with Crippen LogP contribution in [-0.2, 0) is 11.3 Å². The number of carbonyl (C=O) groups excluding carboxylic acids is 1. The molecule has 1 aliphatic rings. The number of aromatic hydroxyl groups is 1. The van der Waals surface area contributed by atoms with Crippen LogP contribution >= 0.6 is 12.4 Å². The lowest BCUT2D eigenvalue weighted by Gasteiger charge is -2.27. The number of amides is 1. The highest BCUT2D eigenvalue weighted by Crippen LogP contribution is 2.26. The van der Waals surface area contributed by atoms with Crippen LogP contribution in [-0.4, -0.2) is 42.7 Å². The minimum Gasteiger partial charge on any atom is -0.504 e. The summed E-state index contributed by atoms with van der Waals surface area (Å²) in [5.74, 6) is 0.662. The summed E-state index contributed by atoms with van der Waals surface area (Å²) < 4.78 is 5.08. The Morgan fingerprint density at radius 1 is 1.48 bits per heavy atom. The fraction of sp³-hybridized carbons (Fsp3) is 0.533. The SMILES string of the molecule is COc1cc(CN(C)C(=O)[C@@H]2CCCCN2)ccc1O.Cl. The van der Waals surface area contributed by atoms with Crippen LogP contribution in [0.1, 0.15) is 24.8 Å². The maximum Gasteiger partial charge on any atom is 0.239 e. The van der Waals surface area contributed by atoms with Crippen molar-refractivity contribution in [3.63, 3.8) is 0 Å². The van der Waals surface area contributed by atoms with Crippen LogP contribution in [0.2, 0.25) is 0 Å². The number of rotatable bonds is 4. The van der Waals surface area contributed by atoms with Crippen LogP contribution in [0.4, 0.5) is 0 Å². The van der Waals surface area contributed by atoms with Gasteiger partial charge in [-0.1, -0.05) is 12.5 Å². The van der Waals surface area contributed by atoms with E-state index < -0.39 is 0 Å². The normalized spacial score (nSPS) is 17.7. The van der Waals surface area contributed by atoms with E-state index in [1.807, 2.05) is 0 Å². The van der Waals surface area contributed by atoms with E-state index in [2.05, 4.69) is 5.32 Å². The first-order chi connectivity index (χ1) is 9.61. The van der Waals surface area contributed by atoms with E-state index in [1.165, 1.54) is 7.11 Å². The zero-order chi connectivity index (χ0) is 14.5. The van der Waals surface area contributed by atoms with E-state index >= 15 is 0 Å². The van der Waals surface area contributed by atoms with Crippen molar-refractivity contribution < 1.29 is 14.6 Å². The smallest absolute Gasteiger partial charge is 0.239 e. The van der Waals surface area contributed by atoms with E-state index in [9.17, 15) is 9.90 Å². The number of halogens is 1. The van der Waals surface area contributed by atoms with E-state index in [0.717, 1.165) is 31.4 Å². The second kappa shape index (κ2) is 8.10. The predicted octanol–water partition coefficient (Wildman–Crippen LogP) is 1.92. The molecule has 1 aromatic carbocycles. The van der Waals surface area contributed by atoms with Crippen LogP contribution < -0.4 is 10.1 Å². The summed E-state index contributed by atoms with van der Waals surface area (Å²) in [6.45, 7) is 1.42. The molecule has 1 amide bonds. The Bertz CT molecular complexity index is 476. The summed E-state index contributed by atoms with van der Waals surface area (Å²) in [4.78, 5) is 14.0. The topological polar surface area (TPSA) is 61.8 Å². The highest BCUT2D eigenvalue weighted by atomic mass is 35.5. The summed E-state index contributed by atoms with van der Waals surface area (Å²) in [6.07, 6.45) is 3.15. The van der Waals surface area contributed by atoms with Gasteiger partial charge in [0.05, 0.1) is 13.2 Å². The Labute approximate surface area is 131 Å². The van der Waals surface area contributed by atoms with Gasteiger partial charge in [0.2, 0.25) is 5.91 Å². The lowest BCUT2D eigenvalue weighted by molar-refractivity contribution is -0.133. The fourth-order valence-electron chi connectivity index (χ4n) is 2.50. The highest BCUT2D eigenvalue weighted by Gasteiger charge is 2.23. The molecule has 0 spiro atoms. The molecular weight excluding hydrogens is 292 g/mol. The molecule has 0 aromatic heterocycles. The van der Waals surface area contributed by atoms with Crippen molar-refractivity contribution >= 4 is 18.3 Å². The fourth-order valence-corrected chi connectivity index (χ4v) is 2.50. The van der Waals surface area contributed by atoms with Gasteiger partial charge in [0.15, 0.2) is 11.5 Å². The van der Waals surface area contributed by atoms with Crippen LogP contribution in [0.5, 0.6) is 11.5 Å². The number of piperidine rings is 1. The number of likely N-dealkylation sites (N-methyl/N-ethyl adjacent to an activating group) is 1. The van der Waals surface area contributed by atoms with Gasteiger partial charge in [0.25, 0.3) is 0 Å². The zero-order valence-electron chi connectivity index (χ0n) is 12.5. The number of hydrogen-bond donors (Lipinski definition) is 2. The molecule has 2 rings (SSSR count). The molecule has 2 N–H and O–H groups in total. The molecule has 1 aliphatic heterocycles. The third-order valence-electron chi connectivity index (χ3n) is 3.65. The van der Waals surface area contributed by atoms with Crippen molar-refractivity contribution in [1.82, 2.24) is 10.2 Å². The molecule has 1 fully saturated rings. The number of methoxy groups -OCH3 is 1. The zero-order valence-corrected chi connectivity index (χ0v) is 13.3. The van der Waals surface area contributed by atoms with Gasteiger partial charge in [-0.25, -0.2) is 0 Å². The van der Waals surface area contributed by atoms with Gasteiger partial charge >= 0.3 is 0 Å². The second-order valence-electron chi connectivity index (χ2n) is 5.20. The third-order valence-corrected chi connectivity index (χ3v) is 3.65. The Morgan fingerprint density at radius 3 is 2.86 bits per heavy atom. The van der Waals surface area contributed by atoms with Gasteiger partial charge in [0, 0.05) is 13.6 Å². The van der Waals surface area contributed by atoms with Gasteiger partial charge in [-0.3, -0.25) is 4.79 Å². The summed E-state index contributed by atoms with van der Waals surface area (Å²) in [7, 11) is 3.32. The number of benzene rings is 1. The monoisotopic (exact) mass is 314 g/mol. The third kappa shape index (κ3) is 4.51. The van der Waals surface area contributed by atoms with E-state index in [1.54, 1.807) is 30.1 Å². The molecule has 21 heavy (non-hydrogen) atoms. The molecule has 118 valence electrons. The minimum absolute atomic E-state index is 0. The molecule has 1 atom stereocenters. The van der Waals surface area contributed by atoms with Crippen molar-refractivity contribution in [2.45, 2.75) is 31.8 Å². The number of carbonyl (C=O) groups is 1. The predicted molar refractivity (Wildman–Crippen MR) is 84.0 cm³/mol. The largest absolute Gasteiger partial charge is 0.504 e. The van der Waals surface area contributed by atoms with E-state index in [-0.39, 0.29) is 30.1 Å². The molecule has 0 aliphatic carbocycles. The molecule has 0 saturated carbocycles. The van der Waals surface area contributed by atoms with Gasteiger partial charge in [0.1, 0.15) is 0 Å². The van der Waals surface area contributed by atoms with Gasteiger partial charge in [-0.05, 0) is 37.1 Å². The van der Waals surface area contributed by atoms with E-state index in [0.29, 0.717) is 12.3 Å². The average molecular weight is 315 g/mol. The lowest BCUT2D eigenvalue weighted by Crippen LogP contribution is -2.46. The number of phenolic OH excluding ortho intramolecular Hbond substituents is 1. The Hall–Kier alpha value is -1.46.